The van der Waals surface area contributed by atoms with Crippen LogP contribution in [0, 0.1) is 5.41 Å². The van der Waals surface area contributed by atoms with Gasteiger partial charge in [-0.3, -0.25) is 4.79 Å². The van der Waals surface area contributed by atoms with E-state index in [2.05, 4.69) is 18.5 Å². The molecule has 0 unspecified atom stereocenters. The van der Waals surface area contributed by atoms with Crippen LogP contribution in [0.25, 0.3) is 28.4 Å². The minimum absolute atomic E-state index is 0.0685. The highest BCUT2D eigenvalue weighted by Crippen LogP contribution is 2.33. The van der Waals surface area contributed by atoms with Crippen molar-refractivity contribution in [3.05, 3.63) is 73.3 Å². The molecule has 10 nitrogen and oxygen atoms in total. The fraction of sp³-hybridized carbons (Fsp3) is 0.364. The van der Waals surface area contributed by atoms with Gasteiger partial charge in [-0.25, -0.2) is 19.6 Å². The number of benzene rings is 2. The normalized spacial score (nSPS) is 17.2. The van der Waals surface area contributed by atoms with E-state index in [1.807, 2.05) is 69.3 Å². The fourth-order valence-corrected chi connectivity index (χ4v) is 4.92. The summed E-state index contributed by atoms with van der Waals surface area (Å²) in [5.41, 5.74) is 2.87. The Labute approximate surface area is 251 Å². The van der Waals surface area contributed by atoms with E-state index in [-0.39, 0.29) is 25.5 Å². The van der Waals surface area contributed by atoms with Crippen LogP contribution in [-0.2, 0) is 19.1 Å². The number of aromatic nitrogens is 2. The number of rotatable bonds is 10. The number of nitrogens with one attached hydrogen (secondary N) is 1. The molecule has 43 heavy (non-hydrogen) atoms. The Morgan fingerprint density at radius 1 is 1.09 bits per heavy atom. The number of amides is 2. The van der Waals surface area contributed by atoms with Gasteiger partial charge in [0.2, 0.25) is 11.8 Å². The zero-order valence-corrected chi connectivity index (χ0v) is 25.0. The van der Waals surface area contributed by atoms with Crippen molar-refractivity contribution in [1.29, 1.82) is 0 Å². The van der Waals surface area contributed by atoms with Crippen molar-refractivity contribution in [3.8, 4) is 17.1 Å². The first kappa shape index (κ1) is 31.2. The van der Waals surface area contributed by atoms with Crippen LogP contribution in [0.4, 0.5) is 4.79 Å². The van der Waals surface area contributed by atoms with E-state index in [0.717, 1.165) is 11.1 Å². The van der Waals surface area contributed by atoms with Crippen LogP contribution < -0.4 is 10.1 Å². The predicted molar refractivity (Wildman–Crippen MR) is 164 cm³/mol. The Balaban J connectivity index is 1.65. The van der Waals surface area contributed by atoms with Crippen LogP contribution in [-0.4, -0.2) is 71.3 Å². The number of esters is 1. The summed E-state index contributed by atoms with van der Waals surface area (Å²) in [6.45, 7) is 13.1. The number of ether oxygens (including phenoxy) is 3. The number of likely N-dealkylation sites (tertiary alicyclic amines) is 1. The largest absolute Gasteiger partial charge is 0.471 e. The Morgan fingerprint density at radius 3 is 2.47 bits per heavy atom. The van der Waals surface area contributed by atoms with Gasteiger partial charge in [-0.05, 0) is 35.6 Å². The highest BCUT2D eigenvalue weighted by Gasteiger charge is 2.46. The molecule has 1 aromatic heterocycles. The first-order valence-electron chi connectivity index (χ1n) is 14.1. The van der Waals surface area contributed by atoms with E-state index < -0.39 is 41.6 Å². The van der Waals surface area contributed by atoms with Crippen LogP contribution >= 0.6 is 0 Å². The summed E-state index contributed by atoms with van der Waals surface area (Å²) < 4.78 is 16.7. The van der Waals surface area contributed by atoms with Gasteiger partial charge < -0.3 is 24.4 Å². The third-order valence-corrected chi connectivity index (χ3v) is 7.16. The van der Waals surface area contributed by atoms with Crippen LogP contribution in [0.5, 0.6) is 5.88 Å². The molecule has 2 heterocycles. The Kier molecular flexibility index (Phi) is 9.80. The molecule has 1 fully saturated rings. The number of carbonyl (C=O) groups is 3. The van der Waals surface area contributed by atoms with Crippen molar-refractivity contribution in [2.24, 2.45) is 5.41 Å². The van der Waals surface area contributed by atoms with Gasteiger partial charge in [0.05, 0.1) is 31.3 Å². The van der Waals surface area contributed by atoms with Gasteiger partial charge in [-0.2, -0.15) is 0 Å². The average molecular weight is 587 g/mol. The van der Waals surface area contributed by atoms with E-state index in [0.29, 0.717) is 23.1 Å². The number of carbonyl (C=O) groups excluding carboxylic acids is 3. The Morgan fingerprint density at radius 2 is 1.81 bits per heavy atom. The van der Waals surface area contributed by atoms with Gasteiger partial charge in [0.15, 0.2) is 0 Å². The molecule has 1 aliphatic rings. The molecule has 3 aromatic rings. The lowest BCUT2D eigenvalue weighted by atomic mass is 9.85. The SMILES string of the molecule is C=CCCOC(=O)N[C@H](C(=O)N1C[C@H](Oc2nc3ccccc3nc2-c2cccc(C=C)c2)C[C@H]1C(=O)OC)C(C)(C)C. The van der Waals surface area contributed by atoms with Gasteiger partial charge in [-0.15, -0.1) is 6.58 Å². The summed E-state index contributed by atoms with van der Waals surface area (Å²) in [6.07, 6.45) is 2.69. The second kappa shape index (κ2) is 13.5. The molecule has 10 heteroatoms. The second-order valence-electron chi connectivity index (χ2n) is 11.4. The van der Waals surface area contributed by atoms with Crippen molar-refractivity contribution in [3.63, 3.8) is 0 Å². The number of alkyl carbamates (subject to hydrolysis) is 1. The van der Waals surface area contributed by atoms with Gasteiger partial charge in [0.1, 0.15) is 23.9 Å². The Hall–Kier alpha value is -4.73. The number of hydrogen-bond donors (Lipinski definition) is 1. The molecule has 0 bridgehead atoms. The molecule has 2 aromatic carbocycles. The molecule has 1 aliphatic heterocycles. The topological polar surface area (TPSA) is 120 Å². The number of nitrogens with zero attached hydrogens (tertiary/aromatic N) is 3. The third kappa shape index (κ3) is 7.38. The minimum Gasteiger partial charge on any atom is -0.471 e. The number of para-hydroxylation sites is 2. The first-order valence-corrected chi connectivity index (χ1v) is 14.1. The molecule has 2 amide bonds. The third-order valence-electron chi connectivity index (χ3n) is 7.16. The maximum Gasteiger partial charge on any atom is 0.407 e. The molecule has 0 spiro atoms. The summed E-state index contributed by atoms with van der Waals surface area (Å²) >= 11 is 0. The van der Waals surface area contributed by atoms with Crippen molar-refractivity contribution in [1.82, 2.24) is 20.2 Å². The van der Waals surface area contributed by atoms with Crippen molar-refractivity contribution >= 4 is 35.1 Å². The van der Waals surface area contributed by atoms with Gasteiger partial charge >= 0.3 is 12.1 Å². The minimum atomic E-state index is -0.979. The molecular formula is C33H38N4O6. The lowest BCUT2D eigenvalue weighted by Crippen LogP contribution is -2.57. The van der Waals surface area contributed by atoms with E-state index in [4.69, 9.17) is 24.2 Å². The molecule has 1 N–H and O–H groups in total. The summed E-state index contributed by atoms with van der Waals surface area (Å²) in [5, 5.41) is 2.69. The van der Waals surface area contributed by atoms with Gasteiger partial charge in [0.25, 0.3) is 0 Å². The molecule has 1 saturated heterocycles. The maximum absolute atomic E-state index is 14.0. The summed E-state index contributed by atoms with van der Waals surface area (Å²) in [6, 6.07) is 13.2. The van der Waals surface area contributed by atoms with E-state index in [1.54, 1.807) is 12.2 Å². The van der Waals surface area contributed by atoms with Crippen molar-refractivity contribution < 1.29 is 28.6 Å². The summed E-state index contributed by atoms with van der Waals surface area (Å²) in [4.78, 5) is 50.4. The standard InChI is InChI=1S/C33H38N4O6/c1-7-9-17-42-32(40)36-28(33(3,4)5)30(38)37-20-23(19-26(37)31(39)41-6)43-29-27(22-14-12-13-21(8-2)18-22)34-24-15-10-11-16-25(24)35-29/h7-8,10-16,18,23,26,28H,1-2,9,17,19-20H2,3-6H3,(H,36,40)/t23-,26+,28-/m1/s1. The van der Waals surface area contributed by atoms with E-state index >= 15 is 0 Å². The first-order chi connectivity index (χ1) is 20.5. The molecule has 0 radical (unpaired) electrons. The fourth-order valence-electron chi connectivity index (χ4n) is 4.92. The zero-order valence-electron chi connectivity index (χ0n) is 25.0. The molecule has 4 rings (SSSR count). The van der Waals surface area contributed by atoms with Crippen LogP contribution in [0.3, 0.4) is 0 Å². The van der Waals surface area contributed by atoms with Crippen LogP contribution in [0.2, 0.25) is 0 Å². The van der Waals surface area contributed by atoms with Crippen molar-refractivity contribution in [2.75, 3.05) is 20.3 Å². The molecule has 0 aliphatic carbocycles. The summed E-state index contributed by atoms with van der Waals surface area (Å²) in [5.74, 6) is -0.749. The lowest BCUT2D eigenvalue weighted by Gasteiger charge is -2.34. The van der Waals surface area contributed by atoms with Crippen LogP contribution in [0.1, 0.15) is 39.2 Å². The maximum atomic E-state index is 14.0. The zero-order chi connectivity index (χ0) is 31.1. The smallest absolute Gasteiger partial charge is 0.407 e. The lowest BCUT2D eigenvalue weighted by molar-refractivity contribution is -0.152. The van der Waals surface area contributed by atoms with Gasteiger partial charge in [0, 0.05) is 12.0 Å². The quantitative estimate of drug-likeness (QED) is 0.196. The van der Waals surface area contributed by atoms with Crippen molar-refractivity contribution in [2.45, 2.75) is 51.8 Å². The van der Waals surface area contributed by atoms with E-state index in [1.165, 1.54) is 12.0 Å². The average Bonchev–Trinajstić information content (AvgIpc) is 3.42. The van der Waals surface area contributed by atoms with E-state index in [9.17, 15) is 14.4 Å². The number of methoxy groups -OCH3 is 1. The molecule has 0 saturated carbocycles. The second-order valence-corrected chi connectivity index (χ2v) is 11.4. The van der Waals surface area contributed by atoms with Crippen LogP contribution in [0.15, 0.2) is 67.8 Å². The highest BCUT2D eigenvalue weighted by molar-refractivity contribution is 5.91. The highest BCUT2D eigenvalue weighted by atomic mass is 16.5. The molecule has 226 valence electrons. The molecular weight excluding hydrogens is 548 g/mol. The van der Waals surface area contributed by atoms with Gasteiger partial charge in [-0.1, -0.05) is 69.8 Å². The Bertz CT molecular complexity index is 1510. The number of hydrogen-bond acceptors (Lipinski definition) is 8. The monoisotopic (exact) mass is 586 g/mol. The summed E-state index contributed by atoms with van der Waals surface area (Å²) in [7, 11) is 1.27. The number of fused-ring (bicyclic) bond motifs is 1. The predicted octanol–water partition coefficient (Wildman–Crippen LogP) is 5.18. The molecule has 3 atom stereocenters.